The highest BCUT2D eigenvalue weighted by Gasteiger charge is 2.34. The van der Waals surface area contributed by atoms with Gasteiger partial charge in [0, 0.05) is 5.56 Å². The van der Waals surface area contributed by atoms with E-state index >= 15 is 4.39 Å². The molecule has 1 aliphatic carbocycles. The molecular formula is C28H27FO4. The molecule has 3 aromatic rings. The van der Waals surface area contributed by atoms with Gasteiger partial charge < -0.3 is 14.6 Å². The summed E-state index contributed by atoms with van der Waals surface area (Å²) in [5.41, 5.74) is 4.32. The summed E-state index contributed by atoms with van der Waals surface area (Å²) in [6.45, 7) is 0. The van der Waals surface area contributed by atoms with Crippen LogP contribution in [0.4, 0.5) is 4.39 Å². The minimum absolute atomic E-state index is 0.00987. The Bertz CT molecular complexity index is 1180. The normalized spacial score (nSPS) is 18.2. The van der Waals surface area contributed by atoms with Crippen molar-refractivity contribution in [2.75, 3.05) is 7.11 Å². The average Bonchev–Trinajstić information content (AvgIpc) is 3.67. The number of aryl methyl sites for hydroxylation is 1. The lowest BCUT2D eigenvalue weighted by Gasteiger charge is -2.28. The first-order chi connectivity index (χ1) is 16.0. The van der Waals surface area contributed by atoms with E-state index in [0.717, 1.165) is 53.0 Å². The molecule has 170 valence electrons. The molecule has 1 aliphatic heterocycles. The van der Waals surface area contributed by atoms with Gasteiger partial charge in [-0.3, -0.25) is 4.79 Å². The maximum Gasteiger partial charge on any atom is 0.303 e. The minimum atomic E-state index is -0.776. The number of hydrogen-bond acceptors (Lipinski definition) is 3. The molecule has 4 nitrogen and oxygen atoms in total. The largest absolute Gasteiger partial charge is 0.497 e. The van der Waals surface area contributed by atoms with Crippen LogP contribution in [0.3, 0.4) is 0 Å². The fourth-order valence-electron chi connectivity index (χ4n) is 4.85. The Labute approximate surface area is 193 Å². The van der Waals surface area contributed by atoms with Crippen molar-refractivity contribution in [3.63, 3.8) is 0 Å². The maximum atomic E-state index is 15.2. The van der Waals surface area contributed by atoms with Crippen LogP contribution in [0.5, 0.6) is 11.5 Å². The number of aliphatic carboxylic acids is 1. The van der Waals surface area contributed by atoms with Crippen LogP contribution in [-0.4, -0.2) is 18.2 Å². The number of methoxy groups -OCH3 is 1. The van der Waals surface area contributed by atoms with Crippen molar-refractivity contribution in [2.45, 2.75) is 44.1 Å². The van der Waals surface area contributed by atoms with E-state index in [0.29, 0.717) is 17.9 Å². The van der Waals surface area contributed by atoms with Crippen molar-refractivity contribution in [1.29, 1.82) is 0 Å². The highest BCUT2D eigenvalue weighted by Crippen LogP contribution is 2.46. The molecule has 33 heavy (non-hydrogen) atoms. The van der Waals surface area contributed by atoms with Gasteiger partial charge in [0.15, 0.2) is 0 Å². The van der Waals surface area contributed by atoms with Gasteiger partial charge in [-0.05, 0) is 84.0 Å². The number of carboxylic acids is 1. The SMILES string of the molecule is COc1cccc(-c2ccc(C3CCc4ccc(C(CC(=O)O)C5CC5)cc4O3)c(F)c2)c1. The number of carbonyl (C=O) groups is 1. The number of hydrogen-bond donors (Lipinski definition) is 1. The molecule has 2 atom stereocenters. The molecule has 1 heterocycles. The molecule has 0 bridgehead atoms. The van der Waals surface area contributed by atoms with Gasteiger partial charge in [0.05, 0.1) is 13.5 Å². The molecule has 0 amide bonds. The number of carboxylic acid groups (broad SMARTS) is 1. The second-order valence-corrected chi connectivity index (χ2v) is 9.02. The second-order valence-electron chi connectivity index (χ2n) is 9.02. The molecule has 1 N–H and O–H groups in total. The third-order valence-electron chi connectivity index (χ3n) is 6.80. The van der Waals surface area contributed by atoms with Crippen molar-refractivity contribution >= 4 is 5.97 Å². The third kappa shape index (κ3) is 4.58. The monoisotopic (exact) mass is 446 g/mol. The van der Waals surface area contributed by atoms with Gasteiger partial charge in [-0.1, -0.05) is 36.4 Å². The first-order valence-corrected chi connectivity index (χ1v) is 11.5. The molecule has 1 fully saturated rings. The standard InChI is InChI=1S/C28H27FO4/c1-32-22-4-2-3-19(13-22)20-9-11-23(25(29)14-20)26-12-10-18-7-8-21(15-27(18)33-26)24(16-28(30)31)17-5-6-17/h2-4,7-9,11,13-15,17,24,26H,5-6,10,12,16H2,1H3,(H,30,31). The Hall–Kier alpha value is -3.34. The fraction of sp³-hybridized carbons (Fsp3) is 0.321. The number of benzene rings is 3. The van der Waals surface area contributed by atoms with Crippen molar-refractivity contribution in [3.8, 4) is 22.6 Å². The molecule has 2 unspecified atom stereocenters. The van der Waals surface area contributed by atoms with Crippen LogP contribution >= 0.6 is 0 Å². The lowest BCUT2D eigenvalue weighted by molar-refractivity contribution is -0.137. The molecule has 0 aromatic heterocycles. The third-order valence-corrected chi connectivity index (χ3v) is 6.80. The molecule has 5 heteroatoms. The van der Waals surface area contributed by atoms with Crippen LogP contribution in [-0.2, 0) is 11.2 Å². The summed E-state index contributed by atoms with van der Waals surface area (Å²) in [6.07, 6.45) is 3.40. The lowest BCUT2D eigenvalue weighted by Crippen LogP contribution is -2.17. The summed E-state index contributed by atoms with van der Waals surface area (Å²) in [4.78, 5) is 11.4. The summed E-state index contributed by atoms with van der Waals surface area (Å²) < 4.78 is 26.7. The number of halogens is 1. The molecular weight excluding hydrogens is 419 g/mol. The van der Waals surface area contributed by atoms with E-state index in [4.69, 9.17) is 9.47 Å². The van der Waals surface area contributed by atoms with E-state index in [1.54, 1.807) is 19.2 Å². The molecule has 0 saturated heterocycles. The maximum absolute atomic E-state index is 15.2. The Morgan fingerprint density at radius 3 is 2.64 bits per heavy atom. The highest BCUT2D eigenvalue weighted by atomic mass is 19.1. The van der Waals surface area contributed by atoms with E-state index in [-0.39, 0.29) is 24.3 Å². The van der Waals surface area contributed by atoms with Crippen LogP contribution in [0.2, 0.25) is 0 Å². The van der Waals surface area contributed by atoms with Crippen LogP contribution in [0.15, 0.2) is 60.7 Å². The topological polar surface area (TPSA) is 55.8 Å². The predicted molar refractivity (Wildman–Crippen MR) is 124 cm³/mol. The summed E-state index contributed by atoms with van der Waals surface area (Å²) in [6, 6.07) is 18.9. The quantitative estimate of drug-likeness (QED) is 0.448. The van der Waals surface area contributed by atoms with Crippen LogP contribution < -0.4 is 9.47 Å². The van der Waals surface area contributed by atoms with Gasteiger partial charge in [0.25, 0.3) is 0 Å². The minimum Gasteiger partial charge on any atom is -0.497 e. The van der Waals surface area contributed by atoms with Crippen molar-refractivity contribution in [1.82, 2.24) is 0 Å². The zero-order valence-electron chi connectivity index (χ0n) is 18.6. The summed E-state index contributed by atoms with van der Waals surface area (Å²) in [5, 5.41) is 9.34. The van der Waals surface area contributed by atoms with Crippen LogP contribution in [0.25, 0.3) is 11.1 Å². The fourth-order valence-corrected chi connectivity index (χ4v) is 4.85. The molecule has 2 aliphatic rings. The van der Waals surface area contributed by atoms with Gasteiger partial charge in [0.2, 0.25) is 0 Å². The van der Waals surface area contributed by atoms with E-state index < -0.39 is 5.97 Å². The summed E-state index contributed by atoms with van der Waals surface area (Å²) in [5.74, 6) is 0.850. The van der Waals surface area contributed by atoms with Gasteiger partial charge >= 0.3 is 5.97 Å². The van der Waals surface area contributed by atoms with Crippen molar-refractivity contribution < 1.29 is 23.8 Å². The summed E-state index contributed by atoms with van der Waals surface area (Å²) in [7, 11) is 1.61. The van der Waals surface area contributed by atoms with Gasteiger partial charge in [0.1, 0.15) is 23.4 Å². The number of ether oxygens (including phenoxy) is 2. The zero-order chi connectivity index (χ0) is 22.9. The molecule has 5 rings (SSSR count). The number of fused-ring (bicyclic) bond motifs is 1. The van der Waals surface area contributed by atoms with E-state index in [1.165, 1.54) is 0 Å². The van der Waals surface area contributed by atoms with Crippen LogP contribution in [0.1, 0.15) is 54.4 Å². The second kappa shape index (κ2) is 8.89. The Balaban J connectivity index is 1.38. The molecule has 1 saturated carbocycles. The zero-order valence-corrected chi connectivity index (χ0v) is 18.6. The van der Waals surface area contributed by atoms with E-state index in [9.17, 15) is 9.90 Å². The first kappa shape index (κ1) is 21.5. The van der Waals surface area contributed by atoms with Crippen LogP contribution in [0, 0.1) is 11.7 Å². The van der Waals surface area contributed by atoms with Gasteiger partial charge in [-0.25, -0.2) is 4.39 Å². The Kier molecular flexibility index (Phi) is 5.79. The Morgan fingerprint density at radius 2 is 1.91 bits per heavy atom. The molecule has 0 radical (unpaired) electrons. The first-order valence-electron chi connectivity index (χ1n) is 11.5. The molecule has 0 spiro atoms. The highest BCUT2D eigenvalue weighted by molar-refractivity contribution is 5.68. The molecule has 3 aromatic carbocycles. The lowest BCUT2D eigenvalue weighted by atomic mass is 9.88. The smallest absolute Gasteiger partial charge is 0.303 e. The average molecular weight is 447 g/mol. The predicted octanol–water partition coefficient (Wildman–Crippen LogP) is 6.54. The van der Waals surface area contributed by atoms with Crippen molar-refractivity contribution in [3.05, 3.63) is 83.2 Å². The van der Waals surface area contributed by atoms with E-state index in [1.807, 2.05) is 48.5 Å². The van der Waals surface area contributed by atoms with E-state index in [2.05, 4.69) is 0 Å². The summed E-state index contributed by atoms with van der Waals surface area (Å²) >= 11 is 0. The Morgan fingerprint density at radius 1 is 1.09 bits per heavy atom. The van der Waals surface area contributed by atoms with Gasteiger partial charge in [-0.2, -0.15) is 0 Å². The van der Waals surface area contributed by atoms with Crippen molar-refractivity contribution in [2.24, 2.45) is 5.92 Å². The number of rotatable bonds is 7. The van der Waals surface area contributed by atoms with Gasteiger partial charge in [-0.15, -0.1) is 0 Å².